The fourth-order valence-corrected chi connectivity index (χ4v) is 11.5. The van der Waals surface area contributed by atoms with E-state index in [-0.39, 0.29) is 16.4 Å². The van der Waals surface area contributed by atoms with E-state index >= 15 is 0 Å². The Morgan fingerprint density at radius 3 is 1.92 bits per heavy atom. The molecule has 0 saturated heterocycles. The Morgan fingerprint density at radius 2 is 1.23 bits per heavy atom. The number of imidazole rings is 1. The number of aryl methyl sites for hydroxylation is 1. The van der Waals surface area contributed by atoms with Gasteiger partial charge < -0.3 is 4.74 Å². The molecule has 0 spiro atoms. The van der Waals surface area contributed by atoms with E-state index in [9.17, 15) is 0 Å². The van der Waals surface area contributed by atoms with E-state index in [1.807, 2.05) is 36.4 Å². The molecule has 12 rings (SSSR count). The van der Waals surface area contributed by atoms with Gasteiger partial charge in [0.25, 0.3) is 0 Å². The summed E-state index contributed by atoms with van der Waals surface area (Å²) in [6.07, 6.45) is 2.61. The summed E-state index contributed by atoms with van der Waals surface area (Å²) >= 11 is 2.47. The van der Waals surface area contributed by atoms with Crippen molar-refractivity contribution in [3.8, 4) is 67.8 Å². The minimum absolute atomic E-state index is 0.0447. The van der Waals surface area contributed by atoms with Crippen LogP contribution in [0.1, 0.15) is 61.8 Å². The number of hydrogen-bond donors (Lipinski definition) is 0. The van der Waals surface area contributed by atoms with E-state index in [0.29, 0.717) is 29.5 Å². The zero-order valence-corrected chi connectivity index (χ0v) is 42.6. The number of pyridine rings is 1. The second kappa shape index (κ2) is 17.4. The van der Waals surface area contributed by atoms with Gasteiger partial charge in [-0.25, -0.2) is 0 Å². The number of benzene rings is 8. The summed E-state index contributed by atoms with van der Waals surface area (Å²) in [5.41, 5.74) is 14.2. The molecule has 0 unspecified atom stereocenters. The number of fused-ring (bicyclic) bond motifs is 5. The smallest absolute Gasteiger partial charge is 0.493 e. The molecule has 0 bridgehead atoms. The van der Waals surface area contributed by atoms with Gasteiger partial charge in [0.15, 0.2) is 0 Å². The SMILES string of the molecule is [2H]C([2H])([2H])c1cc(-n2c3cc(Oc4cccc(-n5[c](=[Pt])n(-c6c(-c7ccccc7)cccc6-c6ccccc6)c6ccccc65)c4)ccc3c3cc4c(cc32)OCCC4(C)C)ncc1-c1ccc(C(C)(C)C)cc1. The molecule has 71 heavy (non-hydrogen) atoms. The molecule has 4 heterocycles. The fourth-order valence-electron chi connectivity index (χ4n) is 10.4. The number of aromatic nitrogens is 4. The number of ether oxygens (including phenoxy) is 2. The van der Waals surface area contributed by atoms with E-state index < -0.39 is 6.85 Å². The van der Waals surface area contributed by atoms with Gasteiger partial charge in [0.2, 0.25) is 0 Å². The van der Waals surface area contributed by atoms with Crippen LogP contribution in [-0.2, 0) is 30.2 Å². The molecular weight excluding hydrogens is 1050 g/mol. The van der Waals surface area contributed by atoms with Crippen LogP contribution >= 0.6 is 0 Å². The second-order valence-electron chi connectivity index (χ2n) is 20.2. The van der Waals surface area contributed by atoms with E-state index in [0.717, 1.165) is 93.6 Å². The van der Waals surface area contributed by atoms with Crippen LogP contribution in [0.3, 0.4) is 0 Å². The van der Waals surface area contributed by atoms with Crippen LogP contribution in [0, 0.1) is 10.7 Å². The predicted octanol–water partition coefficient (Wildman–Crippen LogP) is 16.5. The first kappa shape index (κ1) is 41.3. The third-order valence-corrected chi connectivity index (χ3v) is 15.2. The Bertz CT molecular complexity index is 3980. The van der Waals surface area contributed by atoms with Crippen molar-refractivity contribution >= 4 is 32.8 Å². The van der Waals surface area contributed by atoms with Gasteiger partial charge in [-0.2, -0.15) is 0 Å². The van der Waals surface area contributed by atoms with Crippen molar-refractivity contribution in [3.05, 3.63) is 215 Å². The molecule has 0 fully saturated rings. The molecule has 1 aliphatic heterocycles. The number of rotatable bonds is 8. The quantitative estimate of drug-likeness (QED) is 0.152. The summed E-state index contributed by atoms with van der Waals surface area (Å²) in [5, 5.41) is 2.02. The van der Waals surface area contributed by atoms with E-state index in [4.69, 9.17) is 18.6 Å². The Kier molecular flexibility index (Phi) is 10.1. The standard InChI is InChI=1S/C64H54N4O2.Pt/c1-42-35-61(65-40-54(42)45-27-29-46(30-28-45)63(2,3)4)68-58-37-49(31-32-52(58)53-38-55-60(39-59(53)68)69-34-33-64(55,5)6)70-48-22-15-21-47(36-48)66-41-67(57-26-14-13-25-56(57)66)62-50(43-17-9-7-10-18-43)23-16-24-51(62)44-19-11-8-12-20-44;/h7-32,35-40H,33-34H2,1-6H3;/i1D3;. The number of nitrogens with zero attached hydrogens (tertiary/aromatic N) is 4. The van der Waals surface area contributed by atoms with Crippen LogP contribution in [0.15, 0.2) is 194 Å². The third kappa shape index (κ3) is 7.86. The van der Waals surface area contributed by atoms with Crippen molar-refractivity contribution in [2.45, 2.75) is 58.7 Å². The molecule has 11 aromatic rings. The molecule has 1 aliphatic rings. The summed E-state index contributed by atoms with van der Waals surface area (Å²) in [4.78, 5) is 5.07. The summed E-state index contributed by atoms with van der Waals surface area (Å²) in [6, 6.07) is 64.9. The zero-order valence-electron chi connectivity index (χ0n) is 43.3. The molecule has 7 heteroatoms. The normalized spacial score (nSPS) is 14.2. The first-order valence-corrected chi connectivity index (χ1v) is 25.3. The van der Waals surface area contributed by atoms with Gasteiger partial charge in [0, 0.05) is 21.4 Å². The average molecular weight is 1110 g/mol. The first-order chi connectivity index (χ1) is 35.6. The fraction of sp³-hybridized carbons (Fsp3) is 0.156. The van der Waals surface area contributed by atoms with Crippen molar-refractivity contribution in [1.82, 2.24) is 18.7 Å². The van der Waals surface area contributed by atoms with Gasteiger partial charge in [-0.15, -0.1) is 0 Å². The van der Waals surface area contributed by atoms with Crippen LogP contribution in [0.25, 0.3) is 83.4 Å². The Hall–Kier alpha value is -7.53. The van der Waals surface area contributed by atoms with Gasteiger partial charge in [0.05, 0.1) is 6.61 Å². The van der Waals surface area contributed by atoms with E-state index in [2.05, 4.69) is 213 Å². The van der Waals surface area contributed by atoms with Crippen LogP contribution in [0.5, 0.6) is 17.2 Å². The van der Waals surface area contributed by atoms with Crippen molar-refractivity contribution in [1.29, 1.82) is 0 Å². The Labute approximate surface area is 430 Å². The monoisotopic (exact) mass is 1110 g/mol. The van der Waals surface area contributed by atoms with Crippen molar-refractivity contribution < 1.29 is 32.9 Å². The van der Waals surface area contributed by atoms with Crippen molar-refractivity contribution in [2.75, 3.05) is 6.61 Å². The third-order valence-electron chi connectivity index (χ3n) is 14.2. The molecule has 0 aliphatic carbocycles. The molecule has 6 nitrogen and oxygen atoms in total. The molecule has 8 aromatic carbocycles. The number of hydrogen-bond acceptors (Lipinski definition) is 3. The maximum atomic E-state index is 8.81. The summed E-state index contributed by atoms with van der Waals surface area (Å²) in [5.74, 6) is 2.60. The van der Waals surface area contributed by atoms with E-state index in [1.165, 1.54) is 5.56 Å². The summed E-state index contributed by atoms with van der Waals surface area (Å²) in [6.45, 7) is 9.23. The van der Waals surface area contributed by atoms with Crippen molar-refractivity contribution in [2.24, 2.45) is 0 Å². The molecule has 0 N–H and O–H groups in total. The minimum atomic E-state index is -2.42. The van der Waals surface area contributed by atoms with Crippen LogP contribution in [-0.4, -0.2) is 25.3 Å². The Balaban J connectivity index is 0.994. The number of para-hydroxylation sites is 3. The van der Waals surface area contributed by atoms with Gasteiger partial charge >= 0.3 is 294 Å². The first-order valence-electron chi connectivity index (χ1n) is 25.7. The van der Waals surface area contributed by atoms with Gasteiger partial charge in [-0.05, 0) is 40.8 Å². The molecular formula is C64H54N4O2Pt. The van der Waals surface area contributed by atoms with E-state index in [1.54, 1.807) is 12.3 Å². The van der Waals surface area contributed by atoms with Crippen molar-refractivity contribution in [3.63, 3.8) is 0 Å². The predicted molar refractivity (Wildman–Crippen MR) is 287 cm³/mol. The maximum absolute atomic E-state index is 8.81. The molecule has 352 valence electrons. The topological polar surface area (TPSA) is 46.1 Å². The van der Waals surface area contributed by atoms with Crippen LogP contribution in [0.4, 0.5) is 0 Å². The summed E-state index contributed by atoms with van der Waals surface area (Å²) < 4.78 is 47.4. The zero-order chi connectivity index (χ0) is 51.1. The minimum Gasteiger partial charge on any atom is -0.493 e. The molecule has 3 aromatic heterocycles. The second-order valence-corrected chi connectivity index (χ2v) is 21.2. The van der Waals surface area contributed by atoms with Gasteiger partial charge in [-0.3, -0.25) is 0 Å². The molecule has 0 saturated carbocycles. The van der Waals surface area contributed by atoms with Gasteiger partial charge in [0.1, 0.15) is 5.75 Å². The van der Waals surface area contributed by atoms with Crippen LogP contribution in [0.2, 0.25) is 0 Å². The van der Waals surface area contributed by atoms with Crippen LogP contribution < -0.4 is 9.47 Å². The Morgan fingerprint density at radius 1 is 0.592 bits per heavy atom. The molecule has 0 radical (unpaired) electrons. The molecule has 0 amide bonds. The van der Waals surface area contributed by atoms with Gasteiger partial charge in [-0.1, -0.05) is 58.9 Å². The summed E-state index contributed by atoms with van der Waals surface area (Å²) in [7, 11) is 0. The average Bonchev–Trinajstić information content (AvgIpc) is 3.88. The molecule has 0 atom stereocenters.